The third kappa shape index (κ3) is 3.74. The summed E-state index contributed by atoms with van der Waals surface area (Å²) in [6.45, 7) is 7.08. The molecule has 25 heavy (non-hydrogen) atoms. The Morgan fingerprint density at radius 2 is 1.88 bits per heavy atom. The number of nitrogens with one attached hydrogen (secondary N) is 1. The second kappa shape index (κ2) is 7.11. The van der Waals surface area contributed by atoms with Crippen molar-refractivity contribution >= 4 is 23.3 Å². The van der Waals surface area contributed by atoms with Crippen molar-refractivity contribution in [2.75, 3.05) is 5.32 Å². The van der Waals surface area contributed by atoms with Crippen LogP contribution in [0.5, 0.6) is 0 Å². The quantitative estimate of drug-likeness (QED) is 0.757. The second-order valence-electron chi connectivity index (χ2n) is 5.84. The fourth-order valence-corrected chi connectivity index (χ4v) is 2.93. The van der Waals surface area contributed by atoms with Crippen LogP contribution in [0.15, 0.2) is 36.5 Å². The molecule has 0 aliphatic heterocycles. The third-order valence-electron chi connectivity index (χ3n) is 4.05. The van der Waals surface area contributed by atoms with Crippen LogP contribution in [0.25, 0.3) is 0 Å². The lowest BCUT2D eigenvalue weighted by atomic mass is 10.2. The van der Waals surface area contributed by atoms with Gasteiger partial charge in [-0.25, -0.2) is 0 Å². The van der Waals surface area contributed by atoms with E-state index in [1.54, 1.807) is 10.7 Å². The summed E-state index contributed by atoms with van der Waals surface area (Å²) in [6.07, 6.45) is 1.83. The standard InChI is InChI=1S/C18H20ClN5O/c1-4-24-13(3)17(12(2)21-24)18(25)20-16-9-10-23(22-16)11-14-5-7-15(19)8-6-14/h5-10H,4,11H2,1-3H3,(H,20,22,25). The average molecular weight is 358 g/mol. The van der Waals surface area contributed by atoms with Crippen LogP contribution in [0.1, 0.15) is 34.2 Å². The predicted molar refractivity (Wildman–Crippen MR) is 98.1 cm³/mol. The fourth-order valence-electron chi connectivity index (χ4n) is 2.81. The highest BCUT2D eigenvalue weighted by Crippen LogP contribution is 2.16. The number of rotatable bonds is 5. The zero-order valence-electron chi connectivity index (χ0n) is 14.5. The van der Waals surface area contributed by atoms with Gasteiger partial charge in [-0.05, 0) is 38.5 Å². The first-order valence-electron chi connectivity index (χ1n) is 8.11. The summed E-state index contributed by atoms with van der Waals surface area (Å²) >= 11 is 5.90. The molecular weight excluding hydrogens is 338 g/mol. The third-order valence-corrected chi connectivity index (χ3v) is 4.30. The van der Waals surface area contributed by atoms with Gasteiger partial charge in [0.1, 0.15) is 0 Å². The van der Waals surface area contributed by atoms with Gasteiger partial charge in [0.2, 0.25) is 0 Å². The van der Waals surface area contributed by atoms with Crippen LogP contribution in [0.3, 0.4) is 0 Å². The Morgan fingerprint density at radius 1 is 1.16 bits per heavy atom. The Kier molecular flexibility index (Phi) is 4.90. The van der Waals surface area contributed by atoms with Crippen molar-refractivity contribution in [3.63, 3.8) is 0 Å². The summed E-state index contributed by atoms with van der Waals surface area (Å²) < 4.78 is 3.59. The monoisotopic (exact) mass is 357 g/mol. The molecule has 3 aromatic rings. The van der Waals surface area contributed by atoms with Crippen LogP contribution < -0.4 is 5.32 Å². The number of anilines is 1. The molecule has 6 nitrogen and oxygen atoms in total. The average Bonchev–Trinajstić information content (AvgIpc) is 3.13. The Morgan fingerprint density at radius 3 is 2.52 bits per heavy atom. The molecule has 7 heteroatoms. The molecule has 2 heterocycles. The summed E-state index contributed by atoms with van der Waals surface area (Å²) in [7, 11) is 0. The topological polar surface area (TPSA) is 64.7 Å². The normalized spacial score (nSPS) is 10.9. The van der Waals surface area contributed by atoms with Crippen molar-refractivity contribution in [2.45, 2.75) is 33.9 Å². The van der Waals surface area contributed by atoms with Crippen molar-refractivity contribution in [3.05, 3.63) is 64.1 Å². The number of hydrogen-bond acceptors (Lipinski definition) is 3. The molecule has 1 aromatic carbocycles. The Labute approximate surface area is 151 Å². The molecule has 1 N–H and O–H groups in total. The molecule has 2 aromatic heterocycles. The van der Waals surface area contributed by atoms with E-state index in [0.717, 1.165) is 23.5 Å². The Bertz CT molecular complexity index is 895. The highest BCUT2D eigenvalue weighted by Gasteiger charge is 2.18. The molecule has 0 atom stereocenters. The zero-order valence-corrected chi connectivity index (χ0v) is 15.2. The highest BCUT2D eigenvalue weighted by atomic mass is 35.5. The number of hydrogen-bond donors (Lipinski definition) is 1. The van der Waals surface area contributed by atoms with Crippen molar-refractivity contribution in [2.24, 2.45) is 0 Å². The van der Waals surface area contributed by atoms with E-state index in [-0.39, 0.29) is 5.91 Å². The van der Waals surface area contributed by atoms with E-state index >= 15 is 0 Å². The van der Waals surface area contributed by atoms with Crippen LogP contribution in [0, 0.1) is 13.8 Å². The van der Waals surface area contributed by atoms with Crippen molar-refractivity contribution in [1.29, 1.82) is 0 Å². The molecule has 1 amide bonds. The smallest absolute Gasteiger partial charge is 0.260 e. The van der Waals surface area contributed by atoms with E-state index in [9.17, 15) is 4.79 Å². The number of carbonyl (C=O) groups is 1. The van der Waals surface area contributed by atoms with Gasteiger partial charge in [-0.2, -0.15) is 10.2 Å². The van der Waals surface area contributed by atoms with Crippen LogP contribution in [0.4, 0.5) is 5.82 Å². The maximum Gasteiger partial charge on any atom is 0.260 e. The van der Waals surface area contributed by atoms with Crippen molar-refractivity contribution < 1.29 is 4.79 Å². The first kappa shape index (κ1) is 17.2. The minimum atomic E-state index is -0.188. The van der Waals surface area contributed by atoms with Crippen LogP contribution >= 0.6 is 11.6 Å². The lowest BCUT2D eigenvalue weighted by Gasteiger charge is -2.04. The molecule has 0 fully saturated rings. The summed E-state index contributed by atoms with van der Waals surface area (Å²) in [5, 5.41) is 12.3. The SMILES string of the molecule is CCn1nc(C)c(C(=O)Nc2ccn(Cc3ccc(Cl)cc3)n2)c1C. The van der Waals surface area contributed by atoms with Gasteiger partial charge in [0, 0.05) is 29.5 Å². The van der Waals surface area contributed by atoms with Gasteiger partial charge >= 0.3 is 0 Å². The van der Waals surface area contributed by atoms with E-state index in [2.05, 4.69) is 15.5 Å². The first-order chi connectivity index (χ1) is 12.0. The largest absolute Gasteiger partial charge is 0.305 e. The fraction of sp³-hybridized carbons (Fsp3) is 0.278. The van der Waals surface area contributed by atoms with Gasteiger partial charge in [0.25, 0.3) is 5.91 Å². The minimum Gasteiger partial charge on any atom is -0.305 e. The van der Waals surface area contributed by atoms with E-state index < -0.39 is 0 Å². The Balaban J connectivity index is 1.72. The number of aryl methyl sites for hydroxylation is 2. The van der Waals surface area contributed by atoms with Gasteiger partial charge in [-0.3, -0.25) is 14.2 Å². The molecule has 0 saturated heterocycles. The van der Waals surface area contributed by atoms with Crippen LogP contribution in [0.2, 0.25) is 5.02 Å². The number of carbonyl (C=O) groups excluding carboxylic acids is 1. The zero-order chi connectivity index (χ0) is 18.0. The van der Waals surface area contributed by atoms with Crippen molar-refractivity contribution in [3.8, 4) is 0 Å². The maximum absolute atomic E-state index is 12.6. The highest BCUT2D eigenvalue weighted by molar-refractivity contribution is 6.30. The number of halogens is 1. The molecule has 130 valence electrons. The van der Waals surface area contributed by atoms with Gasteiger partial charge in [0.15, 0.2) is 5.82 Å². The second-order valence-corrected chi connectivity index (χ2v) is 6.28. The van der Waals surface area contributed by atoms with E-state index in [1.807, 2.05) is 55.9 Å². The molecule has 3 rings (SSSR count). The van der Waals surface area contributed by atoms with Gasteiger partial charge in [-0.1, -0.05) is 23.7 Å². The molecule has 0 aliphatic rings. The molecule has 0 spiro atoms. The number of nitrogens with zero attached hydrogens (tertiary/aromatic N) is 4. The van der Waals surface area contributed by atoms with Gasteiger partial charge in [-0.15, -0.1) is 0 Å². The Hall–Kier alpha value is -2.60. The molecule has 0 unspecified atom stereocenters. The lowest BCUT2D eigenvalue weighted by molar-refractivity contribution is 0.102. The maximum atomic E-state index is 12.6. The molecule has 0 bridgehead atoms. The predicted octanol–water partition coefficient (Wildman–Crippen LogP) is 3.67. The summed E-state index contributed by atoms with van der Waals surface area (Å²) in [4.78, 5) is 12.6. The van der Waals surface area contributed by atoms with Crippen LogP contribution in [-0.4, -0.2) is 25.5 Å². The number of amides is 1. The minimum absolute atomic E-state index is 0.188. The van der Waals surface area contributed by atoms with Gasteiger partial charge < -0.3 is 5.32 Å². The lowest BCUT2D eigenvalue weighted by Crippen LogP contribution is -2.15. The molecule has 0 aliphatic carbocycles. The summed E-state index contributed by atoms with van der Waals surface area (Å²) in [5.41, 5.74) is 3.27. The van der Waals surface area contributed by atoms with E-state index in [4.69, 9.17) is 11.6 Å². The van der Waals surface area contributed by atoms with E-state index in [0.29, 0.717) is 22.9 Å². The molecular formula is C18H20ClN5O. The van der Waals surface area contributed by atoms with E-state index in [1.165, 1.54) is 0 Å². The van der Waals surface area contributed by atoms with Gasteiger partial charge in [0.05, 0.1) is 17.8 Å². The summed E-state index contributed by atoms with van der Waals surface area (Å²) in [6, 6.07) is 9.38. The first-order valence-corrected chi connectivity index (χ1v) is 8.49. The summed E-state index contributed by atoms with van der Waals surface area (Å²) in [5.74, 6) is 0.327. The number of aromatic nitrogens is 4. The van der Waals surface area contributed by atoms with Crippen LogP contribution in [-0.2, 0) is 13.1 Å². The molecule has 0 saturated carbocycles. The van der Waals surface area contributed by atoms with Crippen molar-refractivity contribution in [1.82, 2.24) is 19.6 Å². The number of benzene rings is 1. The molecule has 0 radical (unpaired) electrons.